The summed E-state index contributed by atoms with van der Waals surface area (Å²) in [7, 11) is 0. The first kappa shape index (κ1) is 15.0. The lowest BCUT2D eigenvalue weighted by Gasteiger charge is -2.04. The average Bonchev–Trinajstić information content (AvgIpc) is 2.53. The normalized spacial score (nSPS) is 10.8. The molecule has 1 N–H and O–H groups in total. The van der Waals surface area contributed by atoms with Gasteiger partial charge in [-0.05, 0) is 29.3 Å². The second-order valence-corrected chi connectivity index (χ2v) is 5.31. The molecule has 0 heterocycles. The molecule has 0 aliphatic rings. The van der Waals surface area contributed by atoms with Crippen LogP contribution in [0.5, 0.6) is 0 Å². The smallest absolute Gasteiger partial charge is 0.262 e. The van der Waals surface area contributed by atoms with Crippen molar-refractivity contribution in [3.8, 4) is 6.07 Å². The predicted molar refractivity (Wildman–Crippen MR) is 86.0 cm³/mol. The van der Waals surface area contributed by atoms with Crippen molar-refractivity contribution >= 4 is 27.9 Å². The van der Waals surface area contributed by atoms with Crippen molar-refractivity contribution in [3.63, 3.8) is 0 Å². The minimum absolute atomic E-state index is 0.0910. The van der Waals surface area contributed by atoms with Crippen LogP contribution in [0.25, 0.3) is 6.08 Å². The topological polar surface area (TPSA) is 52.9 Å². The Labute approximate surface area is 132 Å². The van der Waals surface area contributed by atoms with Crippen LogP contribution in [0.2, 0.25) is 0 Å². The van der Waals surface area contributed by atoms with Crippen LogP contribution in [0.15, 0.2) is 64.6 Å². The molecule has 0 saturated heterocycles. The molecule has 0 radical (unpaired) electrons. The molecule has 2 aromatic carbocycles. The molecule has 0 aromatic heterocycles. The van der Waals surface area contributed by atoms with Crippen LogP contribution in [0, 0.1) is 11.3 Å². The minimum atomic E-state index is -0.371. The maximum absolute atomic E-state index is 12.0. The summed E-state index contributed by atoms with van der Waals surface area (Å²) in [5.41, 5.74) is 1.89. The molecular formula is C17H13BrN2O. The van der Waals surface area contributed by atoms with E-state index in [1.54, 1.807) is 6.08 Å². The third-order valence-electron chi connectivity index (χ3n) is 2.84. The number of hydrogen-bond acceptors (Lipinski definition) is 2. The minimum Gasteiger partial charge on any atom is -0.347 e. The molecule has 0 fully saturated rings. The number of carbonyl (C=O) groups excluding carboxylic acids is 1. The lowest BCUT2D eigenvalue weighted by Crippen LogP contribution is -2.23. The lowest BCUT2D eigenvalue weighted by molar-refractivity contribution is -0.117. The highest BCUT2D eigenvalue weighted by atomic mass is 79.9. The first-order valence-electron chi connectivity index (χ1n) is 6.38. The number of hydrogen-bond donors (Lipinski definition) is 1. The van der Waals surface area contributed by atoms with E-state index in [0.29, 0.717) is 6.54 Å². The predicted octanol–water partition coefficient (Wildman–Crippen LogP) is 3.67. The second-order valence-electron chi connectivity index (χ2n) is 4.39. The molecule has 0 spiro atoms. The van der Waals surface area contributed by atoms with Gasteiger partial charge < -0.3 is 5.32 Å². The number of nitrogens with zero attached hydrogens (tertiary/aromatic N) is 1. The number of carbonyl (C=O) groups is 1. The molecule has 0 saturated carbocycles. The zero-order chi connectivity index (χ0) is 15.1. The van der Waals surface area contributed by atoms with Crippen molar-refractivity contribution < 1.29 is 4.79 Å². The first-order chi connectivity index (χ1) is 10.2. The molecule has 2 aromatic rings. The van der Waals surface area contributed by atoms with Gasteiger partial charge in [0.25, 0.3) is 5.91 Å². The monoisotopic (exact) mass is 340 g/mol. The first-order valence-corrected chi connectivity index (χ1v) is 7.18. The highest BCUT2D eigenvalue weighted by Gasteiger charge is 2.08. The summed E-state index contributed by atoms with van der Waals surface area (Å²) in [4.78, 5) is 12.0. The Hall–Kier alpha value is -2.38. The Balaban J connectivity index is 2.05. The molecule has 104 valence electrons. The standard InChI is InChI=1S/C17H13BrN2O/c18-16-8-6-13(7-9-16)10-15(11-19)17(21)20-12-14-4-2-1-3-5-14/h1-10H,12H2,(H,20,21)/b15-10+. The highest BCUT2D eigenvalue weighted by molar-refractivity contribution is 9.10. The van der Waals surface area contributed by atoms with Crippen molar-refractivity contribution in [1.82, 2.24) is 5.32 Å². The summed E-state index contributed by atoms with van der Waals surface area (Å²) in [6, 6.07) is 18.9. The quantitative estimate of drug-likeness (QED) is 0.681. The van der Waals surface area contributed by atoms with E-state index in [1.165, 1.54) is 0 Å². The van der Waals surface area contributed by atoms with Gasteiger partial charge in [0, 0.05) is 11.0 Å². The number of benzene rings is 2. The maximum atomic E-state index is 12.0. The van der Waals surface area contributed by atoms with Crippen molar-refractivity contribution in [2.75, 3.05) is 0 Å². The number of halogens is 1. The van der Waals surface area contributed by atoms with Crippen LogP contribution in [-0.4, -0.2) is 5.91 Å². The number of nitrogens with one attached hydrogen (secondary N) is 1. The van der Waals surface area contributed by atoms with E-state index in [-0.39, 0.29) is 11.5 Å². The van der Waals surface area contributed by atoms with Gasteiger partial charge in [0.2, 0.25) is 0 Å². The Bertz CT molecular complexity index is 685. The summed E-state index contributed by atoms with van der Waals surface area (Å²) in [5, 5.41) is 11.9. The van der Waals surface area contributed by atoms with E-state index < -0.39 is 0 Å². The zero-order valence-electron chi connectivity index (χ0n) is 11.2. The Morgan fingerprint density at radius 1 is 1.14 bits per heavy atom. The third kappa shape index (κ3) is 4.59. The molecule has 0 aliphatic carbocycles. The fraction of sp³-hybridized carbons (Fsp3) is 0.0588. The zero-order valence-corrected chi connectivity index (χ0v) is 12.8. The Kier molecular flexibility index (Phi) is 5.30. The van der Waals surface area contributed by atoms with Crippen molar-refractivity contribution in [3.05, 3.63) is 75.8 Å². The molecule has 0 bridgehead atoms. The lowest BCUT2D eigenvalue weighted by atomic mass is 10.1. The van der Waals surface area contributed by atoms with Crippen LogP contribution in [0.1, 0.15) is 11.1 Å². The SMILES string of the molecule is N#C/C(=C\c1ccc(Br)cc1)C(=O)NCc1ccccc1. The molecule has 4 heteroatoms. The van der Waals surface area contributed by atoms with Crippen LogP contribution in [-0.2, 0) is 11.3 Å². The molecular weight excluding hydrogens is 328 g/mol. The number of rotatable bonds is 4. The van der Waals surface area contributed by atoms with Gasteiger partial charge in [-0.25, -0.2) is 0 Å². The van der Waals surface area contributed by atoms with Crippen LogP contribution >= 0.6 is 15.9 Å². The van der Waals surface area contributed by atoms with E-state index >= 15 is 0 Å². The molecule has 21 heavy (non-hydrogen) atoms. The summed E-state index contributed by atoms with van der Waals surface area (Å²) in [5.74, 6) is -0.371. The van der Waals surface area contributed by atoms with Gasteiger partial charge in [0.15, 0.2) is 0 Å². The molecule has 2 rings (SSSR count). The van der Waals surface area contributed by atoms with Crippen molar-refractivity contribution in [2.45, 2.75) is 6.54 Å². The summed E-state index contributed by atoms with van der Waals surface area (Å²) < 4.78 is 0.951. The molecule has 3 nitrogen and oxygen atoms in total. The fourth-order valence-corrected chi connectivity index (χ4v) is 2.01. The largest absolute Gasteiger partial charge is 0.347 e. The van der Waals surface area contributed by atoms with Crippen LogP contribution < -0.4 is 5.32 Å². The van der Waals surface area contributed by atoms with E-state index in [9.17, 15) is 4.79 Å². The van der Waals surface area contributed by atoms with Gasteiger partial charge in [-0.2, -0.15) is 5.26 Å². The molecule has 0 unspecified atom stereocenters. The van der Waals surface area contributed by atoms with E-state index in [1.807, 2.05) is 60.7 Å². The summed E-state index contributed by atoms with van der Waals surface area (Å²) in [6.45, 7) is 0.402. The molecule has 1 amide bonds. The second kappa shape index (κ2) is 7.41. The van der Waals surface area contributed by atoms with E-state index in [0.717, 1.165) is 15.6 Å². The van der Waals surface area contributed by atoms with Gasteiger partial charge in [-0.15, -0.1) is 0 Å². The van der Waals surface area contributed by atoms with Crippen LogP contribution in [0.4, 0.5) is 0 Å². The van der Waals surface area contributed by atoms with Gasteiger partial charge in [0.1, 0.15) is 11.6 Å². The Morgan fingerprint density at radius 2 is 1.81 bits per heavy atom. The van der Waals surface area contributed by atoms with Gasteiger partial charge in [-0.3, -0.25) is 4.79 Å². The number of amides is 1. The summed E-state index contributed by atoms with van der Waals surface area (Å²) >= 11 is 3.34. The van der Waals surface area contributed by atoms with Crippen molar-refractivity contribution in [1.29, 1.82) is 5.26 Å². The summed E-state index contributed by atoms with van der Waals surface area (Å²) in [6.07, 6.45) is 1.58. The van der Waals surface area contributed by atoms with Gasteiger partial charge in [-0.1, -0.05) is 58.4 Å². The van der Waals surface area contributed by atoms with Crippen molar-refractivity contribution in [2.24, 2.45) is 0 Å². The maximum Gasteiger partial charge on any atom is 0.262 e. The van der Waals surface area contributed by atoms with Gasteiger partial charge in [0.05, 0.1) is 0 Å². The molecule has 0 atom stereocenters. The average molecular weight is 341 g/mol. The molecule has 0 aliphatic heterocycles. The van der Waals surface area contributed by atoms with Crippen LogP contribution in [0.3, 0.4) is 0 Å². The van der Waals surface area contributed by atoms with Gasteiger partial charge >= 0.3 is 0 Å². The highest BCUT2D eigenvalue weighted by Crippen LogP contribution is 2.13. The Morgan fingerprint density at radius 3 is 2.43 bits per heavy atom. The number of nitriles is 1. The van der Waals surface area contributed by atoms with E-state index in [2.05, 4.69) is 21.2 Å². The van der Waals surface area contributed by atoms with E-state index in [4.69, 9.17) is 5.26 Å². The third-order valence-corrected chi connectivity index (χ3v) is 3.37. The fourth-order valence-electron chi connectivity index (χ4n) is 1.75.